The molecule has 3 nitrogen and oxygen atoms in total. The largest absolute Gasteiger partial charge is 0.456 e. The van der Waals surface area contributed by atoms with Crippen molar-refractivity contribution in [3.63, 3.8) is 0 Å². The summed E-state index contributed by atoms with van der Waals surface area (Å²) < 4.78 is 6.08. The van der Waals surface area contributed by atoms with Crippen molar-refractivity contribution in [1.29, 1.82) is 0 Å². The molecule has 0 saturated heterocycles. The molecule has 0 spiro atoms. The lowest BCUT2D eigenvalue weighted by atomic mass is 9.92. The van der Waals surface area contributed by atoms with E-state index >= 15 is 0 Å². The number of fused-ring (bicyclic) bond motifs is 7. The van der Waals surface area contributed by atoms with Gasteiger partial charge in [-0.3, -0.25) is 4.99 Å². The Hall–Kier alpha value is -6.19. The molecule has 0 saturated carbocycles. The molecule has 3 heteroatoms. The van der Waals surface area contributed by atoms with Crippen LogP contribution < -0.4 is 5.32 Å². The van der Waals surface area contributed by atoms with Gasteiger partial charge >= 0.3 is 0 Å². The zero-order valence-electron chi connectivity index (χ0n) is 25.7. The van der Waals surface area contributed by atoms with E-state index < -0.39 is 0 Å². The molecule has 0 aliphatic carbocycles. The van der Waals surface area contributed by atoms with Crippen LogP contribution in [-0.2, 0) is 6.54 Å². The lowest BCUT2D eigenvalue weighted by Crippen LogP contribution is -2.15. The van der Waals surface area contributed by atoms with Crippen LogP contribution in [0.1, 0.15) is 11.1 Å². The summed E-state index contributed by atoms with van der Waals surface area (Å²) in [5.41, 5.74) is 7.39. The third-order valence-electron chi connectivity index (χ3n) is 9.10. The zero-order valence-corrected chi connectivity index (χ0v) is 25.7. The Morgan fingerprint density at radius 2 is 1.19 bits per heavy atom. The first-order valence-corrected chi connectivity index (χ1v) is 16.0. The Labute approximate surface area is 272 Å². The highest BCUT2D eigenvalue weighted by molar-refractivity contribution is 6.27. The molecule has 0 aliphatic heterocycles. The number of benzene rings is 8. The van der Waals surface area contributed by atoms with Crippen LogP contribution in [0, 0.1) is 0 Å². The van der Waals surface area contributed by atoms with Crippen LogP contribution in [0.4, 0.5) is 5.69 Å². The Bertz CT molecular complexity index is 2630. The molecule has 0 bridgehead atoms. The Balaban J connectivity index is 1.18. The van der Waals surface area contributed by atoms with Crippen LogP contribution in [0.2, 0.25) is 0 Å². The van der Waals surface area contributed by atoms with Crippen molar-refractivity contribution in [2.24, 2.45) is 4.99 Å². The van der Waals surface area contributed by atoms with E-state index in [1.54, 1.807) is 0 Å². The second kappa shape index (κ2) is 11.3. The van der Waals surface area contributed by atoms with Gasteiger partial charge in [-0.15, -0.1) is 0 Å². The number of nitrogens with one attached hydrogen (secondary N) is 1. The SMILES string of the molecule is c1ccc(NC(=NCc2cccc(-c3ccc4oc5ccccc5c4c3)c2)c2c3ccccc3cc3c2ccc2ccccc23)cc1. The number of anilines is 1. The van der Waals surface area contributed by atoms with Gasteiger partial charge in [-0.05, 0) is 91.5 Å². The second-order valence-corrected chi connectivity index (χ2v) is 12.0. The molecule has 9 rings (SSSR count). The summed E-state index contributed by atoms with van der Waals surface area (Å²) >= 11 is 0. The number of furan rings is 1. The molecule has 9 aromatic rings. The fraction of sp³-hybridized carbons (Fsp3) is 0.0227. The molecule has 0 radical (unpaired) electrons. The average Bonchev–Trinajstić information content (AvgIpc) is 3.51. The number of hydrogen-bond acceptors (Lipinski definition) is 2. The fourth-order valence-electron chi connectivity index (χ4n) is 6.84. The minimum Gasteiger partial charge on any atom is -0.456 e. The molecular formula is C44H30N2O. The highest BCUT2D eigenvalue weighted by Gasteiger charge is 2.16. The van der Waals surface area contributed by atoms with Crippen molar-refractivity contribution >= 4 is 65.8 Å². The number of para-hydroxylation sites is 2. The molecule has 1 heterocycles. The van der Waals surface area contributed by atoms with E-state index in [0.29, 0.717) is 6.54 Å². The van der Waals surface area contributed by atoms with E-state index in [-0.39, 0.29) is 0 Å². The molecule has 0 aliphatic rings. The van der Waals surface area contributed by atoms with Crippen LogP contribution in [0.3, 0.4) is 0 Å². The third-order valence-corrected chi connectivity index (χ3v) is 9.10. The molecule has 8 aromatic carbocycles. The first kappa shape index (κ1) is 27.1. The summed E-state index contributed by atoms with van der Waals surface area (Å²) in [6, 6.07) is 57.7. The third kappa shape index (κ3) is 4.90. The predicted molar refractivity (Wildman–Crippen MR) is 198 cm³/mol. The van der Waals surface area contributed by atoms with Crippen LogP contribution >= 0.6 is 0 Å². The van der Waals surface area contributed by atoms with Gasteiger partial charge in [-0.2, -0.15) is 0 Å². The molecule has 0 fully saturated rings. The summed E-state index contributed by atoms with van der Waals surface area (Å²) in [7, 11) is 0. The minimum absolute atomic E-state index is 0.526. The smallest absolute Gasteiger partial charge is 0.135 e. The highest BCUT2D eigenvalue weighted by atomic mass is 16.3. The molecular weight excluding hydrogens is 572 g/mol. The molecule has 0 atom stereocenters. The summed E-state index contributed by atoms with van der Waals surface area (Å²) in [6.07, 6.45) is 0. The zero-order chi connectivity index (χ0) is 31.2. The maximum atomic E-state index is 6.08. The fourth-order valence-corrected chi connectivity index (χ4v) is 6.84. The maximum absolute atomic E-state index is 6.08. The monoisotopic (exact) mass is 602 g/mol. The minimum atomic E-state index is 0.526. The highest BCUT2D eigenvalue weighted by Crippen LogP contribution is 2.35. The number of amidine groups is 1. The molecule has 222 valence electrons. The van der Waals surface area contributed by atoms with Crippen molar-refractivity contribution in [2.75, 3.05) is 5.32 Å². The normalized spacial score (nSPS) is 12.0. The summed E-state index contributed by atoms with van der Waals surface area (Å²) in [4.78, 5) is 5.35. The van der Waals surface area contributed by atoms with Gasteiger partial charge in [0.15, 0.2) is 0 Å². The van der Waals surface area contributed by atoms with E-state index in [4.69, 9.17) is 9.41 Å². The number of hydrogen-bond donors (Lipinski definition) is 1. The van der Waals surface area contributed by atoms with Gasteiger partial charge in [-0.1, -0.05) is 121 Å². The van der Waals surface area contributed by atoms with Gasteiger partial charge in [0.25, 0.3) is 0 Å². The van der Waals surface area contributed by atoms with Crippen LogP contribution in [0.15, 0.2) is 173 Å². The first-order chi connectivity index (χ1) is 23.3. The van der Waals surface area contributed by atoms with E-state index in [9.17, 15) is 0 Å². The molecule has 1 N–H and O–H groups in total. The van der Waals surface area contributed by atoms with Gasteiger partial charge < -0.3 is 9.73 Å². The van der Waals surface area contributed by atoms with Gasteiger partial charge in [0.2, 0.25) is 0 Å². The molecule has 1 aromatic heterocycles. The molecule has 47 heavy (non-hydrogen) atoms. The van der Waals surface area contributed by atoms with Gasteiger partial charge in [0.1, 0.15) is 17.0 Å². The van der Waals surface area contributed by atoms with Gasteiger partial charge in [0, 0.05) is 22.0 Å². The Morgan fingerprint density at radius 3 is 2.09 bits per heavy atom. The number of aliphatic imine (C=N–C) groups is 1. The molecule has 0 amide bonds. The summed E-state index contributed by atoms with van der Waals surface area (Å²) in [5.74, 6) is 0.852. The van der Waals surface area contributed by atoms with E-state index in [0.717, 1.165) is 55.7 Å². The van der Waals surface area contributed by atoms with Crippen LogP contribution in [-0.4, -0.2) is 5.84 Å². The van der Waals surface area contributed by atoms with E-state index in [1.807, 2.05) is 18.2 Å². The second-order valence-electron chi connectivity index (χ2n) is 12.0. The summed E-state index contributed by atoms with van der Waals surface area (Å²) in [5, 5.41) is 13.2. The lowest BCUT2D eigenvalue weighted by molar-refractivity contribution is 0.669. The van der Waals surface area contributed by atoms with Crippen molar-refractivity contribution in [1.82, 2.24) is 0 Å². The number of rotatable bonds is 5. The number of nitrogens with zero attached hydrogens (tertiary/aromatic N) is 1. The van der Waals surface area contributed by atoms with Gasteiger partial charge in [-0.25, -0.2) is 0 Å². The topological polar surface area (TPSA) is 37.5 Å². The van der Waals surface area contributed by atoms with Gasteiger partial charge in [0.05, 0.1) is 6.54 Å². The Morgan fingerprint density at radius 1 is 0.468 bits per heavy atom. The van der Waals surface area contributed by atoms with Crippen molar-refractivity contribution < 1.29 is 4.42 Å². The standard InChI is InChI=1S/C44H30N2O/c1-2-15-34(16-3-1)46-44(43-36-18-7-5-13-33(36)27-39-35-17-6-4-12-30(35)21-23-38(39)43)45-28-29-11-10-14-31(25-29)32-22-24-42-40(26-32)37-19-8-9-20-41(37)47-42/h1-27H,28H2,(H,45,46). The van der Waals surface area contributed by atoms with Crippen molar-refractivity contribution in [2.45, 2.75) is 6.54 Å². The predicted octanol–water partition coefficient (Wildman–Crippen LogP) is 11.8. The summed E-state index contributed by atoms with van der Waals surface area (Å²) in [6.45, 7) is 0.526. The average molecular weight is 603 g/mol. The Kier molecular flexibility index (Phi) is 6.53. The van der Waals surface area contributed by atoms with Crippen LogP contribution in [0.5, 0.6) is 0 Å². The van der Waals surface area contributed by atoms with Crippen LogP contribution in [0.25, 0.3) is 65.4 Å². The first-order valence-electron chi connectivity index (χ1n) is 16.0. The van der Waals surface area contributed by atoms with Crippen molar-refractivity contribution in [3.8, 4) is 11.1 Å². The molecule has 0 unspecified atom stereocenters. The van der Waals surface area contributed by atoms with E-state index in [1.165, 1.54) is 32.3 Å². The van der Waals surface area contributed by atoms with Crippen molar-refractivity contribution in [3.05, 3.63) is 175 Å². The maximum Gasteiger partial charge on any atom is 0.135 e. The lowest BCUT2D eigenvalue weighted by Gasteiger charge is -2.17. The van der Waals surface area contributed by atoms with E-state index in [2.05, 4.69) is 151 Å². The quantitative estimate of drug-likeness (QED) is 0.0921.